The molecule has 0 aliphatic heterocycles. The number of benzene rings is 1. The first-order chi connectivity index (χ1) is 9.10. The Balaban J connectivity index is 2.70. The van der Waals surface area contributed by atoms with Crippen LogP contribution in [0.2, 0.25) is 0 Å². The van der Waals surface area contributed by atoms with Crippen LogP contribution in [-0.4, -0.2) is 45.3 Å². The summed E-state index contributed by atoms with van der Waals surface area (Å²) in [6.07, 6.45) is 0.495. The summed E-state index contributed by atoms with van der Waals surface area (Å²) in [5.41, 5.74) is 6.47. The Morgan fingerprint density at radius 3 is 2.53 bits per heavy atom. The highest BCUT2D eigenvalue weighted by Gasteiger charge is 2.21. The first-order valence-electron chi connectivity index (χ1n) is 6.31. The molecule has 0 saturated carbocycles. The van der Waals surface area contributed by atoms with Crippen molar-refractivity contribution in [2.45, 2.75) is 13.0 Å². The van der Waals surface area contributed by atoms with Crippen LogP contribution in [0.1, 0.15) is 12.0 Å². The molecule has 0 atom stereocenters. The third kappa shape index (κ3) is 5.69. The summed E-state index contributed by atoms with van der Waals surface area (Å²) in [5, 5.41) is 0. The highest BCUT2D eigenvalue weighted by atomic mass is 32.2. The van der Waals surface area contributed by atoms with Crippen molar-refractivity contribution in [3.05, 3.63) is 35.9 Å². The molecule has 6 heteroatoms. The van der Waals surface area contributed by atoms with E-state index in [1.807, 2.05) is 30.3 Å². The van der Waals surface area contributed by atoms with Crippen molar-refractivity contribution >= 4 is 10.0 Å². The van der Waals surface area contributed by atoms with Gasteiger partial charge in [-0.15, -0.1) is 0 Å². The zero-order chi connectivity index (χ0) is 14.1. The van der Waals surface area contributed by atoms with Crippen LogP contribution in [-0.2, 0) is 21.3 Å². The van der Waals surface area contributed by atoms with Gasteiger partial charge in [-0.05, 0) is 12.0 Å². The fourth-order valence-electron chi connectivity index (χ4n) is 1.76. The van der Waals surface area contributed by atoms with Gasteiger partial charge in [0.15, 0.2) is 0 Å². The van der Waals surface area contributed by atoms with Crippen LogP contribution in [0.4, 0.5) is 0 Å². The minimum atomic E-state index is -3.28. The maximum absolute atomic E-state index is 12.2. The number of hydrogen-bond acceptors (Lipinski definition) is 4. The average molecular weight is 286 g/mol. The summed E-state index contributed by atoms with van der Waals surface area (Å²) in [5.74, 6) is 0.0909. The number of nitrogens with two attached hydrogens (primary N) is 1. The molecule has 0 heterocycles. The first-order valence-corrected chi connectivity index (χ1v) is 7.92. The van der Waals surface area contributed by atoms with Crippen LogP contribution in [0.5, 0.6) is 0 Å². The Labute approximate surface area is 115 Å². The zero-order valence-electron chi connectivity index (χ0n) is 11.3. The van der Waals surface area contributed by atoms with E-state index in [0.29, 0.717) is 32.7 Å². The summed E-state index contributed by atoms with van der Waals surface area (Å²) < 4.78 is 30.8. The Bertz CT molecular complexity index is 448. The molecule has 0 radical (unpaired) electrons. The molecule has 0 aliphatic carbocycles. The molecule has 0 saturated heterocycles. The molecule has 0 amide bonds. The summed E-state index contributed by atoms with van der Waals surface area (Å²) in [7, 11) is -1.72. The van der Waals surface area contributed by atoms with Crippen molar-refractivity contribution in [3.8, 4) is 0 Å². The van der Waals surface area contributed by atoms with Crippen molar-refractivity contribution in [3.63, 3.8) is 0 Å². The number of sulfonamides is 1. The summed E-state index contributed by atoms with van der Waals surface area (Å²) in [6, 6.07) is 9.52. The number of methoxy groups -OCH3 is 1. The Morgan fingerprint density at radius 2 is 1.95 bits per heavy atom. The van der Waals surface area contributed by atoms with Gasteiger partial charge in [0, 0.05) is 33.4 Å². The molecule has 0 unspecified atom stereocenters. The summed E-state index contributed by atoms with van der Waals surface area (Å²) >= 11 is 0. The Morgan fingerprint density at radius 1 is 1.26 bits per heavy atom. The van der Waals surface area contributed by atoms with Crippen molar-refractivity contribution < 1.29 is 13.2 Å². The lowest BCUT2D eigenvalue weighted by Crippen LogP contribution is -2.36. The van der Waals surface area contributed by atoms with E-state index >= 15 is 0 Å². The van der Waals surface area contributed by atoms with Crippen molar-refractivity contribution in [2.24, 2.45) is 5.73 Å². The third-order valence-electron chi connectivity index (χ3n) is 2.72. The van der Waals surface area contributed by atoms with Gasteiger partial charge >= 0.3 is 0 Å². The van der Waals surface area contributed by atoms with Crippen molar-refractivity contribution in [1.82, 2.24) is 4.31 Å². The van der Waals surface area contributed by atoms with Gasteiger partial charge in [0.05, 0.1) is 5.75 Å². The summed E-state index contributed by atoms with van der Waals surface area (Å²) in [6.45, 7) is 1.47. The predicted octanol–water partition coefficient (Wildman–Crippen LogP) is 0.814. The lowest BCUT2D eigenvalue weighted by atomic mass is 10.2. The van der Waals surface area contributed by atoms with Crippen LogP contribution in [0, 0.1) is 0 Å². The summed E-state index contributed by atoms with van der Waals surface area (Å²) in [4.78, 5) is 0. The highest BCUT2D eigenvalue weighted by molar-refractivity contribution is 7.89. The number of ether oxygens (including phenoxy) is 1. The standard InChI is InChI=1S/C13H22N2O3S/c1-18-10-5-11-19(16,17)15(9-8-14)12-13-6-3-2-4-7-13/h2-4,6-7H,5,8-12,14H2,1H3. The maximum atomic E-state index is 12.2. The topological polar surface area (TPSA) is 72.6 Å². The van der Waals surface area contributed by atoms with Gasteiger partial charge in [0.2, 0.25) is 10.0 Å². The second kappa shape index (κ2) is 8.27. The van der Waals surface area contributed by atoms with Gasteiger partial charge in [-0.2, -0.15) is 4.31 Å². The molecule has 5 nitrogen and oxygen atoms in total. The number of rotatable bonds is 9. The molecular formula is C13H22N2O3S. The van der Waals surface area contributed by atoms with Crippen LogP contribution in [0.15, 0.2) is 30.3 Å². The Hall–Kier alpha value is -0.950. The van der Waals surface area contributed by atoms with Crippen molar-refractivity contribution in [1.29, 1.82) is 0 Å². The first kappa shape index (κ1) is 16.1. The van der Waals surface area contributed by atoms with E-state index in [1.165, 1.54) is 4.31 Å². The smallest absolute Gasteiger partial charge is 0.214 e. The van der Waals surface area contributed by atoms with E-state index in [1.54, 1.807) is 7.11 Å². The second-order valence-corrected chi connectivity index (χ2v) is 6.36. The Kier molecular flexibility index (Phi) is 7.01. The fraction of sp³-hybridized carbons (Fsp3) is 0.538. The van der Waals surface area contributed by atoms with E-state index in [9.17, 15) is 8.42 Å². The average Bonchev–Trinajstić information content (AvgIpc) is 2.39. The van der Waals surface area contributed by atoms with Gasteiger partial charge in [0.1, 0.15) is 0 Å². The zero-order valence-corrected chi connectivity index (χ0v) is 12.1. The molecule has 108 valence electrons. The van der Waals surface area contributed by atoms with Gasteiger partial charge < -0.3 is 10.5 Å². The molecule has 0 bridgehead atoms. The van der Waals surface area contributed by atoms with Crippen LogP contribution >= 0.6 is 0 Å². The van der Waals surface area contributed by atoms with Crippen LogP contribution in [0.25, 0.3) is 0 Å². The predicted molar refractivity (Wildman–Crippen MR) is 76.2 cm³/mol. The third-order valence-corrected chi connectivity index (χ3v) is 4.63. The van der Waals surface area contributed by atoms with E-state index < -0.39 is 10.0 Å². The van der Waals surface area contributed by atoms with Gasteiger partial charge in [-0.3, -0.25) is 0 Å². The quantitative estimate of drug-likeness (QED) is 0.682. The maximum Gasteiger partial charge on any atom is 0.214 e. The minimum Gasteiger partial charge on any atom is -0.385 e. The molecule has 1 aromatic rings. The molecule has 19 heavy (non-hydrogen) atoms. The molecule has 0 aromatic heterocycles. The van der Waals surface area contributed by atoms with Crippen molar-refractivity contribution in [2.75, 3.05) is 32.6 Å². The minimum absolute atomic E-state index is 0.0909. The molecule has 0 spiro atoms. The molecule has 0 fully saturated rings. The molecule has 1 aromatic carbocycles. The molecule has 1 rings (SSSR count). The molecular weight excluding hydrogens is 264 g/mol. The lowest BCUT2D eigenvalue weighted by molar-refractivity contribution is 0.199. The van der Waals surface area contributed by atoms with E-state index in [2.05, 4.69) is 0 Å². The van der Waals surface area contributed by atoms with Crippen LogP contribution < -0.4 is 5.73 Å². The number of hydrogen-bond donors (Lipinski definition) is 1. The van der Waals surface area contributed by atoms with E-state index in [0.717, 1.165) is 5.56 Å². The highest BCUT2D eigenvalue weighted by Crippen LogP contribution is 2.10. The SMILES string of the molecule is COCCCS(=O)(=O)N(CCN)Cc1ccccc1. The van der Waals surface area contributed by atoms with Crippen LogP contribution in [0.3, 0.4) is 0 Å². The molecule has 2 N–H and O–H groups in total. The van der Waals surface area contributed by atoms with Gasteiger partial charge in [-0.25, -0.2) is 8.42 Å². The second-order valence-electron chi connectivity index (χ2n) is 4.27. The van der Waals surface area contributed by atoms with Gasteiger partial charge in [0.25, 0.3) is 0 Å². The van der Waals surface area contributed by atoms with E-state index in [4.69, 9.17) is 10.5 Å². The van der Waals surface area contributed by atoms with Gasteiger partial charge in [-0.1, -0.05) is 30.3 Å². The molecule has 0 aliphatic rings. The number of nitrogens with zero attached hydrogens (tertiary/aromatic N) is 1. The lowest BCUT2D eigenvalue weighted by Gasteiger charge is -2.21. The monoisotopic (exact) mass is 286 g/mol. The normalized spacial score (nSPS) is 11.9. The fourth-order valence-corrected chi connectivity index (χ4v) is 3.23. The largest absolute Gasteiger partial charge is 0.385 e. The van der Waals surface area contributed by atoms with E-state index in [-0.39, 0.29) is 5.75 Å².